The fourth-order valence-electron chi connectivity index (χ4n) is 4.52. The van der Waals surface area contributed by atoms with Crippen LogP contribution in [0.25, 0.3) is 5.65 Å². The van der Waals surface area contributed by atoms with Crippen LogP contribution in [0.1, 0.15) is 48.7 Å². The highest BCUT2D eigenvalue weighted by Gasteiger charge is 2.40. The Balaban J connectivity index is 1.66. The normalized spacial score (nSPS) is 25.0. The van der Waals surface area contributed by atoms with Crippen LogP contribution in [0.2, 0.25) is 0 Å². The number of nitrogens with zero attached hydrogens (tertiary/aromatic N) is 5. The summed E-state index contributed by atoms with van der Waals surface area (Å²) in [5, 5.41) is 4.46. The highest BCUT2D eigenvalue weighted by Crippen LogP contribution is 2.31. The van der Waals surface area contributed by atoms with Crippen LogP contribution in [0.4, 0.5) is 0 Å². The molecule has 2 saturated heterocycles. The number of amides is 1. The average Bonchev–Trinajstić information content (AvgIpc) is 3.30. The molecule has 6 heteroatoms. The summed E-state index contributed by atoms with van der Waals surface area (Å²) in [4.78, 5) is 22.3. The van der Waals surface area contributed by atoms with E-state index < -0.39 is 0 Å². The van der Waals surface area contributed by atoms with Crippen molar-refractivity contribution in [1.29, 1.82) is 0 Å². The number of hydrogen-bond acceptors (Lipinski definition) is 4. The van der Waals surface area contributed by atoms with Gasteiger partial charge in [-0.25, -0.2) is 9.50 Å². The van der Waals surface area contributed by atoms with Gasteiger partial charge in [-0.05, 0) is 51.8 Å². The SMILES string of the molecule is CCN1CCC[C@@H]1[C@@H]1CCCN1C(=O)c1c(C)nn2cccnc12. The van der Waals surface area contributed by atoms with Gasteiger partial charge in [-0.15, -0.1) is 0 Å². The van der Waals surface area contributed by atoms with Gasteiger partial charge in [-0.2, -0.15) is 5.10 Å². The lowest BCUT2D eigenvalue weighted by atomic mass is 10.0. The van der Waals surface area contributed by atoms with Crippen molar-refractivity contribution in [3.63, 3.8) is 0 Å². The second-order valence-corrected chi connectivity index (χ2v) is 6.89. The molecule has 0 saturated carbocycles. The summed E-state index contributed by atoms with van der Waals surface area (Å²) in [6, 6.07) is 2.68. The van der Waals surface area contributed by atoms with Crippen LogP contribution in [-0.4, -0.2) is 62.0 Å². The number of rotatable bonds is 3. The first kappa shape index (κ1) is 15.6. The van der Waals surface area contributed by atoms with Gasteiger partial charge in [0, 0.05) is 31.0 Å². The van der Waals surface area contributed by atoms with Gasteiger partial charge in [0.25, 0.3) is 5.91 Å². The number of likely N-dealkylation sites (tertiary alicyclic amines) is 2. The molecule has 4 heterocycles. The predicted octanol–water partition coefficient (Wildman–Crippen LogP) is 2.13. The van der Waals surface area contributed by atoms with Gasteiger partial charge in [0.15, 0.2) is 5.65 Å². The van der Waals surface area contributed by atoms with Gasteiger partial charge >= 0.3 is 0 Å². The third kappa shape index (κ3) is 2.40. The van der Waals surface area contributed by atoms with Crippen molar-refractivity contribution in [2.24, 2.45) is 0 Å². The summed E-state index contributed by atoms with van der Waals surface area (Å²) >= 11 is 0. The molecule has 0 spiro atoms. The van der Waals surface area contributed by atoms with E-state index in [-0.39, 0.29) is 5.91 Å². The van der Waals surface area contributed by atoms with Gasteiger partial charge in [0.2, 0.25) is 0 Å². The minimum absolute atomic E-state index is 0.103. The average molecular weight is 327 g/mol. The number of aromatic nitrogens is 3. The van der Waals surface area contributed by atoms with Crippen molar-refractivity contribution in [1.82, 2.24) is 24.4 Å². The molecule has 24 heavy (non-hydrogen) atoms. The van der Waals surface area contributed by atoms with Crippen LogP contribution in [0.3, 0.4) is 0 Å². The number of carbonyl (C=O) groups is 1. The van der Waals surface area contributed by atoms with Gasteiger partial charge in [0.05, 0.1) is 5.69 Å². The smallest absolute Gasteiger partial charge is 0.259 e. The minimum Gasteiger partial charge on any atom is -0.334 e. The molecule has 2 aliphatic heterocycles. The summed E-state index contributed by atoms with van der Waals surface area (Å²) in [6.07, 6.45) is 8.23. The second-order valence-electron chi connectivity index (χ2n) is 6.89. The Labute approximate surface area is 142 Å². The Kier molecular flexibility index (Phi) is 4.00. The van der Waals surface area contributed by atoms with Crippen molar-refractivity contribution in [2.45, 2.75) is 51.6 Å². The number of fused-ring (bicyclic) bond motifs is 1. The molecule has 0 aliphatic carbocycles. The van der Waals surface area contributed by atoms with Crippen LogP contribution >= 0.6 is 0 Å². The summed E-state index contributed by atoms with van der Waals surface area (Å²) in [5.74, 6) is 0.103. The van der Waals surface area contributed by atoms with Crippen molar-refractivity contribution in [3.05, 3.63) is 29.7 Å². The van der Waals surface area contributed by atoms with E-state index in [1.807, 2.05) is 19.2 Å². The standard InChI is InChI=1S/C18H25N5O/c1-3-21-10-4-7-14(21)15-8-5-11-22(15)18(24)16-13(2)20-23-12-6-9-19-17(16)23/h6,9,12,14-15H,3-5,7-8,10-11H2,1-2H3/t14-,15+/m1/s1. The van der Waals surface area contributed by atoms with Crippen molar-refractivity contribution < 1.29 is 4.79 Å². The Bertz CT molecular complexity index is 755. The van der Waals surface area contributed by atoms with E-state index in [1.54, 1.807) is 10.7 Å². The molecule has 2 aromatic heterocycles. The maximum Gasteiger partial charge on any atom is 0.259 e. The first-order chi connectivity index (χ1) is 11.7. The monoisotopic (exact) mass is 327 g/mol. The number of carbonyl (C=O) groups excluding carboxylic acids is 1. The Morgan fingerprint density at radius 1 is 1.25 bits per heavy atom. The first-order valence-corrected chi connectivity index (χ1v) is 9.05. The molecule has 4 rings (SSSR count). The van der Waals surface area contributed by atoms with E-state index in [2.05, 4.69) is 26.8 Å². The zero-order valence-electron chi connectivity index (χ0n) is 14.5. The molecule has 128 valence electrons. The van der Waals surface area contributed by atoms with Gasteiger partial charge in [0.1, 0.15) is 5.56 Å². The third-order valence-electron chi connectivity index (χ3n) is 5.61. The molecule has 2 atom stereocenters. The zero-order valence-corrected chi connectivity index (χ0v) is 14.5. The maximum atomic E-state index is 13.3. The Hall–Kier alpha value is -1.95. The molecule has 2 aliphatic rings. The van der Waals surface area contributed by atoms with Gasteiger partial charge in [-0.1, -0.05) is 6.92 Å². The van der Waals surface area contributed by atoms with E-state index in [9.17, 15) is 4.79 Å². The Morgan fingerprint density at radius 2 is 2.04 bits per heavy atom. The van der Waals surface area contributed by atoms with Crippen LogP contribution in [0.15, 0.2) is 18.5 Å². The molecule has 0 aromatic carbocycles. The van der Waals surface area contributed by atoms with Crippen LogP contribution in [-0.2, 0) is 0 Å². The summed E-state index contributed by atoms with van der Waals surface area (Å²) in [6.45, 7) is 7.21. The van der Waals surface area contributed by atoms with Crippen molar-refractivity contribution in [3.8, 4) is 0 Å². The van der Waals surface area contributed by atoms with Crippen LogP contribution in [0, 0.1) is 6.92 Å². The van der Waals surface area contributed by atoms with Crippen LogP contribution < -0.4 is 0 Å². The van der Waals surface area contributed by atoms with E-state index in [0.29, 0.717) is 23.3 Å². The van der Waals surface area contributed by atoms with Crippen molar-refractivity contribution >= 4 is 11.6 Å². The Morgan fingerprint density at radius 3 is 2.88 bits per heavy atom. The summed E-state index contributed by atoms with van der Waals surface area (Å²) in [5.41, 5.74) is 2.11. The fourth-order valence-corrected chi connectivity index (χ4v) is 4.52. The van der Waals surface area contributed by atoms with Gasteiger partial charge in [-0.3, -0.25) is 9.69 Å². The minimum atomic E-state index is 0.103. The molecule has 2 fully saturated rings. The third-order valence-corrected chi connectivity index (χ3v) is 5.61. The molecular weight excluding hydrogens is 302 g/mol. The molecule has 0 unspecified atom stereocenters. The predicted molar refractivity (Wildman–Crippen MR) is 92.1 cm³/mol. The molecule has 6 nitrogen and oxygen atoms in total. The topological polar surface area (TPSA) is 53.7 Å². The van der Waals surface area contributed by atoms with E-state index in [4.69, 9.17) is 0 Å². The molecule has 0 N–H and O–H groups in total. The zero-order chi connectivity index (χ0) is 16.7. The lowest BCUT2D eigenvalue weighted by molar-refractivity contribution is 0.0651. The van der Waals surface area contributed by atoms with E-state index >= 15 is 0 Å². The molecule has 0 radical (unpaired) electrons. The highest BCUT2D eigenvalue weighted by molar-refractivity contribution is 6.01. The number of aryl methyl sites for hydroxylation is 1. The van der Waals surface area contributed by atoms with E-state index in [0.717, 1.165) is 38.2 Å². The number of hydrogen-bond donors (Lipinski definition) is 0. The molecule has 2 aromatic rings. The second kappa shape index (κ2) is 6.16. The lowest BCUT2D eigenvalue weighted by Crippen LogP contribution is -2.48. The van der Waals surface area contributed by atoms with Gasteiger partial charge < -0.3 is 4.90 Å². The number of likely N-dealkylation sites (N-methyl/N-ethyl adjacent to an activating group) is 1. The van der Waals surface area contributed by atoms with Crippen LogP contribution in [0.5, 0.6) is 0 Å². The summed E-state index contributed by atoms with van der Waals surface area (Å²) < 4.78 is 1.71. The van der Waals surface area contributed by atoms with Crippen molar-refractivity contribution in [2.75, 3.05) is 19.6 Å². The highest BCUT2D eigenvalue weighted by atomic mass is 16.2. The largest absolute Gasteiger partial charge is 0.334 e. The fraction of sp³-hybridized carbons (Fsp3) is 0.611. The lowest BCUT2D eigenvalue weighted by Gasteiger charge is -2.34. The molecule has 0 bridgehead atoms. The maximum absolute atomic E-state index is 13.3. The molecule has 1 amide bonds. The first-order valence-electron chi connectivity index (χ1n) is 9.05. The quantitative estimate of drug-likeness (QED) is 0.866. The van der Waals surface area contributed by atoms with E-state index in [1.165, 1.54) is 12.8 Å². The summed E-state index contributed by atoms with van der Waals surface area (Å²) in [7, 11) is 0. The molecular formula is C18H25N5O.